The molecule has 0 aromatic heterocycles. The van der Waals surface area contributed by atoms with Gasteiger partial charge in [0, 0.05) is 32.6 Å². The molecule has 1 fully saturated rings. The highest BCUT2D eigenvalue weighted by molar-refractivity contribution is 5.76. The first-order valence-corrected chi connectivity index (χ1v) is 8.65. The summed E-state index contributed by atoms with van der Waals surface area (Å²) in [5.41, 5.74) is 0.685. The Labute approximate surface area is 144 Å². The predicted molar refractivity (Wildman–Crippen MR) is 93.8 cm³/mol. The number of carbonyl (C=O) groups is 2. The first kappa shape index (κ1) is 18.3. The maximum atomic E-state index is 12.4. The lowest BCUT2D eigenvalue weighted by Crippen LogP contribution is -2.40. The van der Waals surface area contributed by atoms with Crippen molar-refractivity contribution in [2.45, 2.75) is 45.6 Å². The van der Waals surface area contributed by atoms with Gasteiger partial charge in [-0.25, -0.2) is 4.79 Å². The molecule has 1 aromatic carbocycles. The molecule has 0 unspecified atom stereocenters. The van der Waals surface area contributed by atoms with E-state index in [9.17, 15) is 9.59 Å². The molecule has 2 amide bonds. The van der Waals surface area contributed by atoms with E-state index in [0.29, 0.717) is 32.6 Å². The number of rotatable bonds is 3. The zero-order valence-electron chi connectivity index (χ0n) is 15.0. The Hall–Kier alpha value is -2.04. The second-order valence-corrected chi connectivity index (χ2v) is 7.19. The van der Waals surface area contributed by atoms with Gasteiger partial charge < -0.3 is 14.5 Å². The lowest BCUT2D eigenvalue weighted by molar-refractivity contribution is -0.131. The molecule has 0 atom stereocenters. The number of hydrogen-bond acceptors (Lipinski definition) is 3. The Morgan fingerprint density at radius 3 is 2.29 bits per heavy atom. The second kappa shape index (κ2) is 8.18. The van der Waals surface area contributed by atoms with E-state index in [2.05, 4.69) is 0 Å². The second-order valence-electron chi connectivity index (χ2n) is 7.19. The molecule has 0 bridgehead atoms. The summed E-state index contributed by atoms with van der Waals surface area (Å²) in [7, 11) is 0. The average molecular weight is 332 g/mol. The highest BCUT2D eigenvalue weighted by Crippen LogP contribution is 2.13. The standard InChI is InChI=1S/C19H28N2O3/c1-19(2,3)24-18(23)21-13-7-12-20(14-15-21)17(22)11-10-16-8-5-4-6-9-16/h4-6,8-9H,7,10-15H2,1-3H3. The van der Waals surface area contributed by atoms with Gasteiger partial charge in [0.25, 0.3) is 0 Å². The van der Waals surface area contributed by atoms with Crippen LogP contribution in [0.4, 0.5) is 4.79 Å². The Morgan fingerprint density at radius 1 is 1.00 bits per heavy atom. The lowest BCUT2D eigenvalue weighted by atomic mass is 10.1. The van der Waals surface area contributed by atoms with Gasteiger partial charge in [0.15, 0.2) is 0 Å². The largest absolute Gasteiger partial charge is 0.444 e. The van der Waals surface area contributed by atoms with Crippen LogP contribution in [0.1, 0.15) is 39.2 Å². The lowest BCUT2D eigenvalue weighted by Gasteiger charge is -2.26. The van der Waals surface area contributed by atoms with E-state index < -0.39 is 5.60 Å². The fraction of sp³-hybridized carbons (Fsp3) is 0.579. The molecule has 1 heterocycles. The van der Waals surface area contributed by atoms with E-state index in [0.717, 1.165) is 12.8 Å². The normalized spacial score (nSPS) is 15.8. The minimum absolute atomic E-state index is 0.157. The van der Waals surface area contributed by atoms with Crippen molar-refractivity contribution in [2.24, 2.45) is 0 Å². The highest BCUT2D eigenvalue weighted by atomic mass is 16.6. The monoisotopic (exact) mass is 332 g/mol. The third-order valence-electron chi connectivity index (χ3n) is 3.97. The topological polar surface area (TPSA) is 49.9 Å². The number of benzene rings is 1. The molecule has 0 saturated carbocycles. The van der Waals surface area contributed by atoms with Crippen LogP contribution in [-0.4, -0.2) is 53.6 Å². The first-order chi connectivity index (χ1) is 11.3. The molecular formula is C19H28N2O3. The van der Waals surface area contributed by atoms with Crippen LogP contribution in [0.5, 0.6) is 0 Å². The molecule has 132 valence electrons. The summed E-state index contributed by atoms with van der Waals surface area (Å²) in [5.74, 6) is 0.157. The molecule has 24 heavy (non-hydrogen) atoms. The number of nitrogens with zero attached hydrogens (tertiary/aromatic N) is 2. The Morgan fingerprint density at radius 2 is 1.62 bits per heavy atom. The third kappa shape index (κ3) is 5.87. The summed E-state index contributed by atoms with van der Waals surface area (Å²) in [6, 6.07) is 10.0. The van der Waals surface area contributed by atoms with Gasteiger partial charge in [0.05, 0.1) is 0 Å². The van der Waals surface area contributed by atoms with Crippen LogP contribution in [0.3, 0.4) is 0 Å². The fourth-order valence-electron chi connectivity index (χ4n) is 2.73. The molecule has 0 aliphatic carbocycles. The van der Waals surface area contributed by atoms with Gasteiger partial charge in [-0.2, -0.15) is 0 Å². The van der Waals surface area contributed by atoms with Crippen LogP contribution in [-0.2, 0) is 16.0 Å². The number of aryl methyl sites for hydroxylation is 1. The quantitative estimate of drug-likeness (QED) is 0.855. The molecular weight excluding hydrogens is 304 g/mol. The van der Waals surface area contributed by atoms with E-state index in [1.54, 1.807) is 4.90 Å². The molecule has 1 aromatic rings. The molecule has 0 N–H and O–H groups in total. The molecule has 0 spiro atoms. The summed E-state index contributed by atoms with van der Waals surface area (Å²) < 4.78 is 5.42. The number of ether oxygens (including phenoxy) is 1. The first-order valence-electron chi connectivity index (χ1n) is 8.65. The Kier molecular flexibility index (Phi) is 6.23. The van der Waals surface area contributed by atoms with Gasteiger partial charge >= 0.3 is 6.09 Å². The van der Waals surface area contributed by atoms with Crippen LogP contribution in [0, 0.1) is 0 Å². The van der Waals surface area contributed by atoms with Crippen molar-refractivity contribution in [3.05, 3.63) is 35.9 Å². The van der Waals surface area contributed by atoms with Crippen molar-refractivity contribution < 1.29 is 14.3 Å². The van der Waals surface area contributed by atoms with Gasteiger partial charge in [-0.15, -0.1) is 0 Å². The van der Waals surface area contributed by atoms with E-state index >= 15 is 0 Å². The molecule has 0 radical (unpaired) electrons. The predicted octanol–water partition coefficient (Wildman–Crippen LogP) is 3.09. The molecule has 1 aliphatic rings. The smallest absolute Gasteiger partial charge is 0.410 e. The maximum absolute atomic E-state index is 12.4. The molecule has 2 rings (SSSR count). The minimum Gasteiger partial charge on any atom is -0.444 e. The van der Waals surface area contributed by atoms with Crippen molar-refractivity contribution in [1.82, 2.24) is 9.80 Å². The van der Waals surface area contributed by atoms with Crippen LogP contribution >= 0.6 is 0 Å². The van der Waals surface area contributed by atoms with E-state index in [1.165, 1.54) is 5.56 Å². The van der Waals surface area contributed by atoms with Crippen molar-refractivity contribution in [1.29, 1.82) is 0 Å². The van der Waals surface area contributed by atoms with E-state index in [1.807, 2.05) is 56.0 Å². The van der Waals surface area contributed by atoms with Crippen LogP contribution in [0.2, 0.25) is 0 Å². The van der Waals surface area contributed by atoms with E-state index in [-0.39, 0.29) is 12.0 Å². The van der Waals surface area contributed by atoms with Gasteiger partial charge in [0.2, 0.25) is 5.91 Å². The zero-order valence-corrected chi connectivity index (χ0v) is 15.0. The average Bonchev–Trinajstić information content (AvgIpc) is 2.78. The van der Waals surface area contributed by atoms with Crippen molar-refractivity contribution >= 4 is 12.0 Å². The summed E-state index contributed by atoms with van der Waals surface area (Å²) in [4.78, 5) is 28.1. The summed E-state index contributed by atoms with van der Waals surface area (Å²) >= 11 is 0. The summed E-state index contributed by atoms with van der Waals surface area (Å²) in [6.07, 6.45) is 1.76. The highest BCUT2D eigenvalue weighted by Gasteiger charge is 2.25. The zero-order chi connectivity index (χ0) is 17.6. The Balaban J connectivity index is 1.81. The third-order valence-corrected chi connectivity index (χ3v) is 3.97. The van der Waals surface area contributed by atoms with Crippen LogP contribution in [0.15, 0.2) is 30.3 Å². The van der Waals surface area contributed by atoms with E-state index in [4.69, 9.17) is 4.74 Å². The molecule has 5 heteroatoms. The van der Waals surface area contributed by atoms with Crippen molar-refractivity contribution in [3.8, 4) is 0 Å². The number of carbonyl (C=O) groups excluding carboxylic acids is 2. The van der Waals surface area contributed by atoms with Gasteiger partial charge in [-0.1, -0.05) is 30.3 Å². The van der Waals surface area contributed by atoms with Crippen LogP contribution in [0.25, 0.3) is 0 Å². The fourth-order valence-corrected chi connectivity index (χ4v) is 2.73. The summed E-state index contributed by atoms with van der Waals surface area (Å²) in [5, 5.41) is 0. The Bertz CT molecular complexity index is 551. The van der Waals surface area contributed by atoms with Crippen molar-refractivity contribution in [3.63, 3.8) is 0 Å². The number of hydrogen-bond donors (Lipinski definition) is 0. The molecule has 1 saturated heterocycles. The number of amides is 2. The SMILES string of the molecule is CC(C)(C)OC(=O)N1CCCN(C(=O)CCc2ccccc2)CC1. The minimum atomic E-state index is -0.491. The van der Waals surface area contributed by atoms with Crippen molar-refractivity contribution in [2.75, 3.05) is 26.2 Å². The maximum Gasteiger partial charge on any atom is 0.410 e. The molecule has 1 aliphatic heterocycles. The van der Waals surface area contributed by atoms with Gasteiger partial charge in [-0.05, 0) is 39.2 Å². The van der Waals surface area contributed by atoms with Crippen LogP contribution < -0.4 is 0 Å². The van der Waals surface area contributed by atoms with Gasteiger partial charge in [-0.3, -0.25) is 4.79 Å². The summed E-state index contributed by atoms with van der Waals surface area (Å²) in [6.45, 7) is 8.04. The molecule has 5 nitrogen and oxygen atoms in total. The van der Waals surface area contributed by atoms with Gasteiger partial charge in [0.1, 0.15) is 5.60 Å².